The summed E-state index contributed by atoms with van der Waals surface area (Å²) >= 11 is 0. The number of nitrogen functional groups attached to an aromatic ring is 1. The minimum Gasteiger partial charge on any atom is -0.399 e. The minimum atomic E-state index is -3.79. The first-order valence-electron chi connectivity index (χ1n) is 7.10. The van der Waals surface area contributed by atoms with Gasteiger partial charge in [-0.05, 0) is 49.3 Å². The maximum atomic E-state index is 11.6. The van der Waals surface area contributed by atoms with Crippen molar-refractivity contribution < 1.29 is 13.5 Å². The van der Waals surface area contributed by atoms with Crippen molar-refractivity contribution in [1.82, 2.24) is 0 Å². The van der Waals surface area contributed by atoms with Gasteiger partial charge in [-0.2, -0.15) is 0 Å². The molecule has 0 radical (unpaired) electrons. The van der Waals surface area contributed by atoms with Crippen LogP contribution >= 0.6 is 0 Å². The smallest absolute Gasteiger partial charge is 0.238 e. The molecule has 2 rings (SSSR count). The van der Waals surface area contributed by atoms with Crippen molar-refractivity contribution in [3.8, 4) is 0 Å². The molecule has 7 heteroatoms. The lowest BCUT2D eigenvalue weighted by Crippen LogP contribution is -2.22. The Labute approximate surface area is 125 Å². The van der Waals surface area contributed by atoms with Crippen LogP contribution in [0.25, 0.3) is 0 Å². The van der Waals surface area contributed by atoms with E-state index in [1.54, 1.807) is 13.0 Å². The van der Waals surface area contributed by atoms with Crippen LogP contribution in [0.2, 0.25) is 0 Å². The number of hydrogen-bond donors (Lipinski definition) is 4. The Morgan fingerprint density at radius 3 is 2.62 bits per heavy atom. The lowest BCUT2D eigenvalue weighted by Gasteiger charge is -2.20. The molecule has 0 spiro atoms. The first-order valence-corrected chi connectivity index (χ1v) is 8.65. The summed E-state index contributed by atoms with van der Waals surface area (Å²) in [5.41, 5.74) is 7.38. The van der Waals surface area contributed by atoms with E-state index in [9.17, 15) is 13.5 Å². The standard InChI is InChI=1S/C14H23N3O3S/c1-9-13(5-12(15)6-14(9)21(16,19)20)17-7-10-3-2-4-11(10)8-18/h5-6,10-11,17-18H,2-4,7-8,15H2,1H3,(H2,16,19,20). The van der Waals surface area contributed by atoms with Crippen LogP contribution in [0.3, 0.4) is 0 Å². The van der Waals surface area contributed by atoms with Gasteiger partial charge in [-0.25, -0.2) is 13.6 Å². The summed E-state index contributed by atoms with van der Waals surface area (Å²) in [7, 11) is -3.79. The van der Waals surface area contributed by atoms with Gasteiger partial charge in [0, 0.05) is 24.5 Å². The summed E-state index contributed by atoms with van der Waals surface area (Å²) in [5, 5.41) is 17.8. The van der Waals surface area contributed by atoms with Crippen LogP contribution in [0.1, 0.15) is 24.8 Å². The number of nitrogens with two attached hydrogens (primary N) is 2. The Kier molecular flexibility index (Phi) is 4.75. The molecule has 1 aromatic carbocycles. The number of sulfonamides is 1. The highest BCUT2D eigenvalue weighted by Gasteiger charge is 2.26. The second-order valence-corrected chi connectivity index (χ2v) is 7.28. The lowest BCUT2D eigenvalue weighted by molar-refractivity contribution is 0.199. The van der Waals surface area contributed by atoms with E-state index in [0.717, 1.165) is 19.3 Å². The summed E-state index contributed by atoms with van der Waals surface area (Å²) < 4.78 is 23.2. The molecule has 0 aliphatic heterocycles. The van der Waals surface area contributed by atoms with Gasteiger partial charge in [0.25, 0.3) is 0 Å². The van der Waals surface area contributed by atoms with Crippen LogP contribution in [-0.2, 0) is 10.0 Å². The number of anilines is 2. The molecule has 6 N–H and O–H groups in total. The topological polar surface area (TPSA) is 118 Å². The molecule has 1 fully saturated rings. The van der Waals surface area contributed by atoms with Gasteiger partial charge in [-0.3, -0.25) is 0 Å². The van der Waals surface area contributed by atoms with Crippen molar-refractivity contribution in [2.24, 2.45) is 17.0 Å². The molecule has 0 saturated heterocycles. The summed E-state index contributed by atoms with van der Waals surface area (Å²) in [6.07, 6.45) is 3.23. The van der Waals surface area contributed by atoms with Crippen LogP contribution in [0.15, 0.2) is 17.0 Å². The van der Waals surface area contributed by atoms with Gasteiger partial charge in [-0.1, -0.05) is 6.42 Å². The third-order valence-electron chi connectivity index (χ3n) is 4.29. The maximum Gasteiger partial charge on any atom is 0.238 e. The Morgan fingerprint density at radius 1 is 1.33 bits per heavy atom. The fourth-order valence-electron chi connectivity index (χ4n) is 3.05. The fourth-order valence-corrected chi connectivity index (χ4v) is 3.89. The van der Waals surface area contributed by atoms with Crippen LogP contribution in [0.4, 0.5) is 11.4 Å². The molecule has 0 bridgehead atoms. The quantitative estimate of drug-likeness (QED) is 0.606. The third kappa shape index (κ3) is 3.66. The molecular weight excluding hydrogens is 290 g/mol. The van der Waals surface area contributed by atoms with Gasteiger partial charge < -0.3 is 16.2 Å². The summed E-state index contributed by atoms with van der Waals surface area (Å²) in [6, 6.07) is 3.09. The summed E-state index contributed by atoms with van der Waals surface area (Å²) in [4.78, 5) is 0.0510. The van der Waals surface area contributed by atoms with Gasteiger partial charge >= 0.3 is 0 Å². The lowest BCUT2D eigenvalue weighted by atomic mass is 9.97. The number of aliphatic hydroxyl groups excluding tert-OH is 1. The first kappa shape index (κ1) is 16.1. The first-order chi connectivity index (χ1) is 9.82. The number of hydrogen-bond acceptors (Lipinski definition) is 5. The highest BCUT2D eigenvalue weighted by atomic mass is 32.2. The van der Waals surface area contributed by atoms with E-state index < -0.39 is 10.0 Å². The molecule has 118 valence electrons. The molecule has 0 aromatic heterocycles. The van der Waals surface area contributed by atoms with Crippen molar-refractivity contribution in [3.05, 3.63) is 17.7 Å². The van der Waals surface area contributed by atoms with Crippen LogP contribution < -0.4 is 16.2 Å². The van der Waals surface area contributed by atoms with E-state index in [-0.39, 0.29) is 11.5 Å². The monoisotopic (exact) mass is 313 g/mol. The van der Waals surface area contributed by atoms with E-state index in [1.807, 2.05) is 0 Å². The Morgan fingerprint density at radius 2 is 2.00 bits per heavy atom. The zero-order chi connectivity index (χ0) is 15.6. The molecule has 0 amide bonds. The normalized spacial score (nSPS) is 22.4. The maximum absolute atomic E-state index is 11.6. The highest BCUT2D eigenvalue weighted by molar-refractivity contribution is 7.89. The van der Waals surface area contributed by atoms with Crippen LogP contribution in [-0.4, -0.2) is 26.7 Å². The van der Waals surface area contributed by atoms with E-state index in [2.05, 4.69) is 5.32 Å². The predicted octanol–water partition coefficient (Wildman–Crippen LogP) is 1.05. The summed E-state index contributed by atoms with van der Waals surface area (Å²) in [6.45, 7) is 2.60. The number of benzene rings is 1. The Bertz CT molecular complexity index is 616. The SMILES string of the molecule is Cc1c(NCC2CCCC2CO)cc(N)cc1S(N)(=O)=O. The molecule has 1 aromatic rings. The zero-order valence-corrected chi connectivity index (χ0v) is 13.0. The van der Waals surface area contributed by atoms with Crippen LogP contribution in [0, 0.1) is 18.8 Å². The Hall–Kier alpha value is -1.31. The fraction of sp³-hybridized carbons (Fsp3) is 0.571. The van der Waals surface area contributed by atoms with Crippen molar-refractivity contribution in [2.45, 2.75) is 31.1 Å². The minimum absolute atomic E-state index is 0.0510. The average Bonchev–Trinajstić information content (AvgIpc) is 2.85. The second-order valence-electron chi connectivity index (χ2n) is 5.75. The third-order valence-corrected chi connectivity index (χ3v) is 5.33. The molecular formula is C14H23N3O3S. The highest BCUT2D eigenvalue weighted by Crippen LogP contribution is 2.32. The number of primary sulfonamides is 1. The molecule has 1 saturated carbocycles. The van der Waals surface area contributed by atoms with Crippen molar-refractivity contribution >= 4 is 21.4 Å². The van der Waals surface area contributed by atoms with E-state index in [0.29, 0.717) is 35.3 Å². The van der Waals surface area contributed by atoms with Gasteiger partial charge in [0.1, 0.15) is 0 Å². The Balaban J connectivity index is 2.19. The van der Waals surface area contributed by atoms with E-state index in [4.69, 9.17) is 10.9 Å². The van der Waals surface area contributed by atoms with Crippen molar-refractivity contribution in [3.63, 3.8) is 0 Å². The zero-order valence-electron chi connectivity index (χ0n) is 12.2. The molecule has 2 unspecified atom stereocenters. The summed E-state index contributed by atoms with van der Waals surface area (Å²) in [5.74, 6) is 0.713. The molecule has 2 atom stereocenters. The predicted molar refractivity (Wildman–Crippen MR) is 83.4 cm³/mol. The van der Waals surface area contributed by atoms with Crippen LogP contribution in [0.5, 0.6) is 0 Å². The molecule has 21 heavy (non-hydrogen) atoms. The van der Waals surface area contributed by atoms with Gasteiger partial charge in [-0.15, -0.1) is 0 Å². The molecule has 6 nitrogen and oxygen atoms in total. The van der Waals surface area contributed by atoms with Gasteiger partial charge in [0.15, 0.2) is 0 Å². The largest absolute Gasteiger partial charge is 0.399 e. The number of aliphatic hydroxyl groups is 1. The van der Waals surface area contributed by atoms with Crippen molar-refractivity contribution in [2.75, 3.05) is 24.2 Å². The van der Waals surface area contributed by atoms with E-state index >= 15 is 0 Å². The number of nitrogens with one attached hydrogen (secondary N) is 1. The molecule has 0 heterocycles. The number of rotatable bonds is 5. The second kappa shape index (κ2) is 6.21. The van der Waals surface area contributed by atoms with E-state index in [1.165, 1.54) is 6.07 Å². The van der Waals surface area contributed by atoms with Crippen molar-refractivity contribution in [1.29, 1.82) is 0 Å². The van der Waals surface area contributed by atoms with Gasteiger partial charge in [0.2, 0.25) is 10.0 Å². The van der Waals surface area contributed by atoms with Gasteiger partial charge in [0.05, 0.1) is 4.90 Å². The molecule has 1 aliphatic rings. The molecule has 1 aliphatic carbocycles. The average molecular weight is 313 g/mol.